The van der Waals surface area contributed by atoms with Crippen molar-refractivity contribution in [3.8, 4) is 0 Å². The Morgan fingerprint density at radius 2 is 1.84 bits per heavy atom. The number of amides is 2. The first-order valence-electron chi connectivity index (χ1n) is 10.0. The molecule has 1 heterocycles. The number of halogens is 2. The van der Waals surface area contributed by atoms with E-state index in [-0.39, 0.29) is 29.1 Å². The molecule has 1 N–H and O–H groups in total. The zero-order valence-electron chi connectivity index (χ0n) is 16.7. The molecule has 0 saturated heterocycles. The molecule has 1 fully saturated rings. The Bertz CT molecular complexity index is 1080. The van der Waals surface area contributed by atoms with Crippen LogP contribution >= 0.6 is 23.2 Å². The Kier molecular flexibility index (Phi) is 6.59. The van der Waals surface area contributed by atoms with E-state index >= 15 is 0 Å². The Labute approximate surface area is 190 Å². The Balaban J connectivity index is 1.53. The van der Waals surface area contributed by atoms with Crippen molar-refractivity contribution < 1.29 is 14.1 Å². The predicted molar refractivity (Wildman–Crippen MR) is 118 cm³/mol. The fraction of sp³-hybridized carbons (Fsp3) is 0.261. The topological polar surface area (TPSA) is 75.4 Å². The van der Waals surface area contributed by atoms with Crippen LogP contribution in [0, 0.1) is 5.92 Å². The van der Waals surface area contributed by atoms with E-state index in [0.29, 0.717) is 35.4 Å². The van der Waals surface area contributed by atoms with Crippen LogP contribution in [0.4, 0.5) is 0 Å². The summed E-state index contributed by atoms with van der Waals surface area (Å²) < 4.78 is 5.35. The molecule has 1 saturated carbocycles. The van der Waals surface area contributed by atoms with Crippen LogP contribution in [0.1, 0.15) is 45.0 Å². The number of hydrogen-bond acceptors (Lipinski definition) is 4. The van der Waals surface area contributed by atoms with Gasteiger partial charge in [0.2, 0.25) is 0 Å². The molecule has 1 aromatic heterocycles. The van der Waals surface area contributed by atoms with Gasteiger partial charge in [0.1, 0.15) is 0 Å². The quantitative estimate of drug-likeness (QED) is 0.518. The third kappa shape index (κ3) is 5.66. The van der Waals surface area contributed by atoms with Crippen molar-refractivity contribution in [2.45, 2.75) is 25.9 Å². The predicted octanol–water partition coefficient (Wildman–Crippen LogP) is 4.96. The van der Waals surface area contributed by atoms with E-state index in [1.54, 1.807) is 23.1 Å². The van der Waals surface area contributed by atoms with Crippen molar-refractivity contribution in [2.75, 3.05) is 6.54 Å². The molecule has 0 bridgehead atoms. The number of nitrogens with zero attached hydrogens (tertiary/aromatic N) is 2. The van der Waals surface area contributed by atoms with Gasteiger partial charge in [0.25, 0.3) is 11.8 Å². The molecule has 0 unspecified atom stereocenters. The summed E-state index contributed by atoms with van der Waals surface area (Å²) in [5, 5.41) is 7.45. The van der Waals surface area contributed by atoms with Crippen molar-refractivity contribution in [3.63, 3.8) is 0 Å². The minimum Gasteiger partial charge on any atom is -0.359 e. The number of aromatic nitrogens is 1. The summed E-state index contributed by atoms with van der Waals surface area (Å²) in [5.74, 6) is 0.426. The highest BCUT2D eigenvalue weighted by molar-refractivity contribution is 6.36. The maximum atomic E-state index is 13.3. The van der Waals surface area contributed by atoms with Gasteiger partial charge in [-0.2, -0.15) is 0 Å². The first-order chi connectivity index (χ1) is 15.0. The van der Waals surface area contributed by atoms with Crippen LogP contribution in [-0.4, -0.2) is 28.4 Å². The SMILES string of the molecule is O=C(NCC1CC1)c1cc(CN(Cc2ccccc2)C(=O)c2ccc(Cl)cc2Cl)on1. The van der Waals surface area contributed by atoms with Gasteiger partial charge in [-0.05, 0) is 42.5 Å². The van der Waals surface area contributed by atoms with Crippen LogP contribution in [0.3, 0.4) is 0 Å². The molecule has 0 atom stereocenters. The van der Waals surface area contributed by atoms with Gasteiger partial charge in [-0.25, -0.2) is 0 Å². The summed E-state index contributed by atoms with van der Waals surface area (Å²) in [5.41, 5.74) is 1.49. The maximum absolute atomic E-state index is 13.3. The monoisotopic (exact) mass is 457 g/mol. The molecule has 2 aromatic carbocycles. The maximum Gasteiger partial charge on any atom is 0.273 e. The van der Waals surface area contributed by atoms with Crippen molar-refractivity contribution >= 4 is 35.0 Å². The van der Waals surface area contributed by atoms with Crippen molar-refractivity contribution in [2.24, 2.45) is 5.92 Å². The largest absolute Gasteiger partial charge is 0.359 e. The molecular formula is C23H21Cl2N3O3. The zero-order valence-corrected chi connectivity index (χ0v) is 18.2. The average Bonchev–Trinajstić information content (AvgIpc) is 3.48. The Morgan fingerprint density at radius 1 is 1.06 bits per heavy atom. The van der Waals surface area contributed by atoms with Crippen molar-refractivity contribution in [1.82, 2.24) is 15.4 Å². The van der Waals surface area contributed by atoms with Gasteiger partial charge in [0.05, 0.1) is 17.1 Å². The molecule has 2 amide bonds. The van der Waals surface area contributed by atoms with Gasteiger partial charge in [-0.1, -0.05) is 58.7 Å². The number of carbonyl (C=O) groups is 2. The first-order valence-corrected chi connectivity index (χ1v) is 10.8. The van der Waals surface area contributed by atoms with E-state index in [2.05, 4.69) is 10.5 Å². The minimum absolute atomic E-state index is 0.135. The van der Waals surface area contributed by atoms with Crippen LogP contribution in [0.15, 0.2) is 59.1 Å². The molecule has 1 aliphatic carbocycles. The number of carbonyl (C=O) groups excluding carboxylic acids is 2. The van der Waals surface area contributed by atoms with E-state index in [4.69, 9.17) is 27.7 Å². The lowest BCUT2D eigenvalue weighted by Crippen LogP contribution is -2.30. The molecule has 3 aromatic rings. The smallest absolute Gasteiger partial charge is 0.273 e. The number of nitrogens with one attached hydrogen (secondary N) is 1. The summed E-state index contributed by atoms with van der Waals surface area (Å²) in [4.78, 5) is 27.1. The number of rotatable bonds is 8. The highest BCUT2D eigenvalue weighted by atomic mass is 35.5. The molecular weight excluding hydrogens is 437 g/mol. The van der Waals surface area contributed by atoms with E-state index in [9.17, 15) is 9.59 Å². The lowest BCUT2D eigenvalue weighted by Gasteiger charge is -2.22. The van der Waals surface area contributed by atoms with Crippen molar-refractivity contribution in [3.05, 3.63) is 87.2 Å². The van der Waals surface area contributed by atoms with Crippen LogP contribution in [0.2, 0.25) is 10.0 Å². The number of benzene rings is 2. The summed E-state index contributed by atoms with van der Waals surface area (Å²) in [6, 6.07) is 15.9. The molecule has 8 heteroatoms. The van der Waals surface area contributed by atoms with E-state index in [1.165, 1.54) is 6.07 Å². The van der Waals surface area contributed by atoms with E-state index in [0.717, 1.165) is 18.4 Å². The number of hydrogen-bond donors (Lipinski definition) is 1. The second kappa shape index (κ2) is 9.54. The van der Waals surface area contributed by atoms with Crippen LogP contribution in [0.25, 0.3) is 0 Å². The average molecular weight is 458 g/mol. The lowest BCUT2D eigenvalue weighted by molar-refractivity contribution is 0.0713. The lowest BCUT2D eigenvalue weighted by atomic mass is 10.1. The van der Waals surface area contributed by atoms with Gasteiger partial charge < -0.3 is 14.7 Å². The second-order valence-electron chi connectivity index (χ2n) is 7.60. The minimum atomic E-state index is -0.276. The van der Waals surface area contributed by atoms with Gasteiger partial charge in [-0.3, -0.25) is 9.59 Å². The third-order valence-corrected chi connectivity index (χ3v) is 5.60. The molecule has 6 nitrogen and oxygen atoms in total. The molecule has 31 heavy (non-hydrogen) atoms. The molecule has 4 rings (SSSR count). The van der Waals surface area contributed by atoms with Gasteiger partial charge >= 0.3 is 0 Å². The van der Waals surface area contributed by atoms with Crippen LogP contribution in [0.5, 0.6) is 0 Å². The fourth-order valence-corrected chi connectivity index (χ4v) is 3.66. The molecule has 1 aliphatic rings. The second-order valence-corrected chi connectivity index (χ2v) is 8.45. The van der Waals surface area contributed by atoms with Gasteiger partial charge in [-0.15, -0.1) is 0 Å². The third-order valence-electron chi connectivity index (χ3n) is 5.05. The van der Waals surface area contributed by atoms with Gasteiger partial charge in [0, 0.05) is 24.2 Å². The highest BCUT2D eigenvalue weighted by Gasteiger charge is 2.24. The standard InChI is InChI=1S/C23H21Cl2N3O3/c24-17-8-9-19(20(25)10-17)23(30)28(13-16-4-2-1-3-5-16)14-18-11-21(27-31-18)22(29)26-12-15-6-7-15/h1-5,8-11,15H,6-7,12-14H2,(H,26,29). The molecule has 160 valence electrons. The van der Waals surface area contributed by atoms with Crippen LogP contribution in [-0.2, 0) is 13.1 Å². The normalized spacial score (nSPS) is 13.1. The molecule has 0 aliphatic heterocycles. The van der Waals surface area contributed by atoms with Crippen LogP contribution < -0.4 is 5.32 Å². The highest BCUT2D eigenvalue weighted by Crippen LogP contribution is 2.27. The zero-order chi connectivity index (χ0) is 21.8. The summed E-state index contributed by atoms with van der Waals surface area (Å²) in [7, 11) is 0. The summed E-state index contributed by atoms with van der Waals surface area (Å²) in [6.07, 6.45) is 2.29. The molecule has 0 spiro atoms. The first kappa shape index (κ1) is 21.4. The van der Waals surface area contributed by atoms with Gasteiger partial charge in [0.15, 0.2) is 11.5 Å². The summed E-state index contributed by atoms with van der Waals surface area (Å²) in [6.45, 7) is 1.12. The molecule has 0 radical (unpaired) electrons. The Hall–Kier alpha value is -2.83. The van der Waals surface area contributed by atoms with Crippen molar-refractivity contribution in [1.29, 1.82) is 0 Å². The van der Waals surface area contributed by atoms with E-state index < -0.39 is 0 Å². The van der Waals surface area contributed by atoms with E-state index in [1.807, 2.05) is 30.3 Å². The summed E-state index contributed by atoms with van der Waals surface area (Å²) >= 11 is 12.2. The fourth-order valence-electron chi connectivity index (χ4n) is 3.17. The Morgan fingerprint density at radius 3 is 2.55 bits per heavy atom.